The first kappa shape index (κ1) is 25.3. The fraction of sp³-hybridized carbons (Fsp3) is 0.0189. The van der Waals surface area contributed by atoms with E-state index in [-0.39, 0.29) is 34.5 Å². The summed E-state index contributed by atoms with van der Waals surface area (Å²) in [6.45, 7) is 0. The summed E-state index contributed by atoms with van der Waals surface area (Å²) in [5.41, 5.74) is 8.14. The summed E-state index contributed by atoms with van der Waals surface area (Å²) in [6, 6.07) is 55.4. The molecule has 1 unspecified atom stereocenters. The molecule has 1 nitrogen and oxygen atoms in total. The highest BCUT2D eigenvalue weighted by atomic mass is 32.1. The number of hydrogen-bond donors (Lipinski definition) is 0. The average molecular weight is 725 g/mol. The van der Waals surface area contributed by atoms with E-state index < -0.39 is 29.6 Å². The van der Waals surface area contributed by atoms with Gasteiger partial charge >= 0.3 is 0 Å². The van der Waals surface area contributed by atoms with E-state index in [1.54, 1.807) is 11.3 Å². The van der Waals surface area contributed by atoms with Crippen molar-refractivity contribution in [1.82, 2.24) is 0 Å². The van der Waals surface area contributed by atoms with Crippen LogP contribution in [0.15, 0.2) is 212 Å². The lowest BCUT2D eigenvalue weighted by atomic mass is 9.67. The van der Waals surface area contributed by atoms with Crippen LogP contribution in [0.4, 0.5) is 17.1 Å². The Hall–Kier alpha value is -6.74. The molecule has 0 aliphatic heterocycles. The van der Waals surface area contributed by atoms with E-state index in [0.717, 1.165) is 76.2 Å². The van der Waals surface area contributed by atoms with Crippen molar-refractivity contribution >= 4 is 59.3 Å². The van der Waals surface area contributed by atoms with Crippen LogP contribution in [0.3, 0.4) is 0 Å². The molecule has 0 N–H and O–H groups in total. The van der Waals surface area contributed by atoms with Gasteiger partial charge in [0.25, 0.3) is 0 Å². The standard InChI is InChI=1S/C53H35NS/c1-3-17-37(18-4-1)42-22-10-13-28-50(42)54(40-20-5-2-6-21-40)41-32-33-48-46(35-41)43-23-9-12-26-47(43)53(48,39-31-30-36-16-7-8-19-38(36)34-39)49-27-15-25-45-44-24-11-14-29-51(44)55-52(45)49/h1-35H/i7D,8D,16D,19D,30D,31D,34D. The molecule has 1 aliphatic carbocycles. The van der Waals surface area contributed by atoms with Gasteiger partial charge in [0.2, 0.25) is 0 Å². The molecule has 0 saturated heterocycles. The molecule has 1 aromatic heterocycles. The van der Waals surface area contributed by atoms with Gasteiger partial charge in [-0.05, 0) is 92.2 Å². The van der Waals surface area contributed by atoms with Gasteiger partial charge in [0.05, 0.1) is 20.7 Å². The summed E-state index contributed by atoms with van der Waals surface area (Å²) >= 11 is 1.65. The second-order valence-electron chi connectivity index (χ2n) is 13.9. The fourth-order valence-electron chi connectivity index (χ4n) is 8.65. The molecule has 55 heavy (non-hydrogen) atoms. The maximum absolute atomic E-state index is 10.1. The number of thiophene rings is 1. The lowest BCUT2D eigenvalue weighted by Gasteiger charge is -2.35. The van der Waals surface area contributed by atoms with E-state index in [1.807, 2.05) is 72.8 Å². The molecule has 0 amide bonds. The van der Waals surface area contributed by atoms with Gasteiger partial charge in [-0.1, -0.05) is 170 Å². The predicted molar refractivity (Wildman–Crippen MR) is 234 cm³/mol. The average Bonchev–Trinajstić information content (AvgIpc) is 3.83. The zero-order chi connectivity index (χ0) is 42.4. The van der Waals surface area contributed by atoms with Crippen LogP contribution in [0.5, 0.6) is 0 Å². The third-order valence-electron chi connectivity index (χ3n) is 11.0. The van der Waals surface area contributed by atoms with E-state index >= 15 is 0 Å². The number of anilines is 3. The van der Waals surface area contributed by atoms with Crippen molar-refractivity contribution in [1.29, 1.82) is 0 Å². The van der Waals surface area contributed by atoms with Gasteiger partial charge in [0.15, 0.2) is 0 Å². The SMILES string of the molecule is [2H]c1c([2H])c([2H])c2c([2H])c(C3(c4cccc5c4sc4ccccc45)c4ccccc4-c4cc(N(c5ccccc5)c5ccccc5-c5ccccc5)ccc43)c([2H])c([2H])c2c1[2H]. The van der Waals surface area contributed by atoms with E-state index in [0.29, 0.717) is 0 Å². The highest BCUT2D eigenvalue weighted by molar-refractivity contribution is 7.26. The maximum atomic E-state index is 10.1. The first-order chi connectivity index (χ1) is 30.2. The van der Waals surface area contributed by atoms with Crippen LogP contribution < -0.4 is 4.90 Å². The van der Waals surface area contributed by atoms with Gasteiger partial charge in [0, 0.05) is 37.1 Å². The van der Waals surface area contributed by atoms with Gasteiger partial charge in [-0.3, -0.25) is 0 Å². The first-order valence-electron chi connectivity index (χ1n) is 21.9. The summed E-state index contributed by atoms with van der Waals surface area (Å²) in [5, 5.41) is 1.94. The van der Waals surface area contributed by atoms with Crippen LogP contribution in [-0.4, -0.2) is 0 Å². The van der Waals surface area contributed by atoms with Crippen molar-refractivity contribution in [2.45, 2.75) is 5.41 Å². The molecular formula is C53H35NS. The molecule has 0 bridgehead atoms. The summed E-state index contributed by atoms with van der Waals surface area (Å²) in [7, 11) is 0. The number of hydrogen-bond acceptors (Lipinski definition) is 2. The zero-order valence-corrected chi connectivity index (χ0v) is 30.3. The Morgan fingerprint density at radius 2 is 1.15 bits per heavy atom. The van der Waals surface area contributed by atoms with Crippen LogP contribution >= 0.6 is 11.3 Å². The summed E-state index contributed by atoms with van der Waals surface area (Å²) in [6.07, 6.45) is 0. The monoisotopic (exact) mass is 724 g/mol. The Kier molecular flexibility index (Phi) is 5.84. The van der Waals surface area contributed by atoms with Crippen LogP contribution in [0.25, 0.3) is 53.2 Å². The Morgan fingerprint density at radius 1 is 0.473 bits per heavy atom. The molecule has 11 rings (SSSR count). The predicted octanol–water partition coefficient (Wildman–Crippen LogP) is 14.7. The van der Waals surface area contributed by atoms with Gasteiger partial charge in [-0.25, -0.2) is 0 Å². The van der Waals surface area contributed by atoms with Gasteiger partial charge < -0.3 is 4.90 Å². The summed E-state index contributed by atoms with van der Waals surface area (Å²) in [5.74, 6) is 0. The Labute approximate surface area is 334 Å². The molecule has 9 aromatic carbocycles. The minimum atomic E-state index is -1.35. The molecule has 0 spiro atoms. The minimum absolute atomic E-state index is 0.0646. The van der Waals surface area contributed by atoms with E-state index in [9.17, 15) is 4.11 Å². The number of nitrogens with zero attached hydrogens (tertiary/aromatic N) is 1. The highest BCUT2D eigenvalue weighted by Crippen LogP contribution is 2.59. The van der Waals surface area contributed by atoms with Crippen LogP contribution in [0, 0.1) is 0 Å². The third-order valence-corrected chi connectivity index (χ3v) is 12.2. The van der Waals surface area contributed by atoms with E-state index in [4.69, 9.17) is 5.48 Å². The Bertz CT molecular complexity index is 3460. The van der Waals surface area contributed by atoms with Gasteiger partial charge in [0.1, 0.15) is 0 Å². The van der Waals surface area contributed by atoms with Crippen molar-refractivity contribution in [2.24, 2.45) is 0 Å². The molecule has 1 atom stereocenters. The van der Waals surface area contributed by atoms with Crippen LogP contribution in [0.1, 0.15) is 31.8 Å². The molecule has 0 saturated carbocycles. The second-order valence-corrected chi connectivity index (χ2v) is 14.9. The lowest BCUT2D eigenvalue weighted by Crippen LogP contribution is -2.28. The smallest absolute Gasteiger partial charge is 0.0727 e. The van der Waals surface area contributed by atoms with E-state index in [1.165, 1.54) is 0 Å². The van der Waals surface area contributed by atoms with Gasteiger partial charge in [-0.15, -0.1) is 11.3 Å². The first-order valence-corrected chi connectivity index (χ1v) is 19.2. The Balaban J connectivity index is 1.28. The van der Waals surface area contributed by atoms with Crippen LogP contribution in [-0.2, 0) is 5.41 Å². The minimum Gasteiger partial charge on any atom is -0.310 e. The molecule has 0 fully saturated rings. The van der Waals surface area contributed by atoms with Crippen molar-refractivity contribution in [3.63, 3.8) is 0 Å². The molecular weight excluding hydrogens is 683 g/mol. The number of fused-ring (bicyclic) bond motifs is 7. The molecule has 10 aromatic rings. The normalized spacial score (nSPS) is 16.4. The largest absolute Gasteiger partial charge is 0.310 e. The maximum Gasteiger partial charge on any atom is 0.0727 e. The van der Waals surface area contributed by atoms with Crippen LogP contribution in [0.2, 0.25) is 0 Å². The quantitative estimate of drug-likeness (QED) is 0.165. The van der Waals surface area contributed by atoms with Gasteiger partial charge in [-0.2, -0.15) is 0 Å². The highest BCUT2D eigenvalue weighted by Gasteiger charge is 2.47. The van der Waals surface area contributed by atoms with Crippen molar-refractivity contribution in [3.8, 4) is 22.3 Å². The molecule has 1 heterocycles. The van der Waals surface area contributed by atoms with Crippen molar-refractivity contribution < 1.29 is 9.60 Å². The van der Waals surface area contributed by atoms with Crippen molar-refractivity contribution in [2.75, 3.05) is 4.90 Å². The Morgan fingerprint density at radius 3 is 2.02 bits per heavy atom. The molecule has 0 radical (unpaired) electrons. The summed E-state index contributed by atoms with van der Waals surface area (Å²) < 4.78 is 66.7. The van der Waals surface area contributed by atoms with Crippen molar-refractivity contribution in [3.05, 3.63) is 234 Å². The van der Waals surface area contributed by atoms with E-state index in [2.05, 4.69) is 102 Å². The molecule has 258 valence electrons. The zero-order valence-electron chi connectivity index (χ0n) is 36.5. The number of benzene rings is 9. The summed E-state index contributed by atoms with van der Waals surface area (Å²) in [4.78, 5) is 2.26. The number of para-hydroxylation sites is 2. The topological polar surface area (TPSA) is 3.24 Å². The number of rotatable bonds is 6. The fourth-order valence-corrected chi connectivity index (χ4v) is 9.92. The molecule has 2 heteroatoms. The second kappa shape index (κ2) is 12.7. The lowest BCUT2D eigenvalue weighted by molar-refractivity contribution is 0.779. The third kappa shape index (κ3) is 4.85. The molecule has 1 aliphatic rings.